The van der Waals surface area contributed by atoms with Crippen molar-refractivity contribution >= 4 is 15.7 Å². The zero-order chi connectivity index (χ0) is 18.4. The van der Waals surface area contributed by atoms with Gasteiger partial charge in [-0.2, -0.15) is 4.98 Å². The monoisotopic (exact) mass is 373 g/mol. The third kappa shape index (κ3) is 5.24. The van der Waals surface area contributed by atoms with Gasteiger partial charge in [0.05, 0.1) is 25.2 Å². The summed E-state index contributed by atoms with van der Waals surface area (Å²) in [4.78, 5) is 7.82. The smallest absolute Gasteiger partial charge is 0.319 e. The minimum absolute atomic E-state index is 0.0239. The Kier molecular flexibility index (Phi) is 6.07. The van der Waals surface area contributed by atoms with Crippen LogP contribution in [0.25, 0.3) is 0 Å². The van der Waals surface area contributed by atoms with Crippen molar-refractivity contribution in [1.29, 1.82) is 0 Å². The summed E-state index contributed by atoms with van der Waals surface area (Å²) in [5, 5.41) is 0. The number of rotatable bonds is 8. The molecule has 0 saturated carbocycles. The number of aromatic nitrogens is 2. The summed E-state index contributed by atoms with van der Waals surface area (Å²) < 4.78 is 64.0. The van der Waals surface area contributed by atoms with Crippen LogP contribution < -0.4 is 14.2 Å². The van der Waals surface area contributed by atoms with Crippen LogP contribution in [0, 0.1) is 11.6 Å². The van der Waals surface area contributed by atoms with Crippen molar-refractivity contribution in [3.8, 4) is 11.9 Å². The lowest BCUT2D eigenvalue weighted by molar-refractivity contribution is 0.290. The second kappa shape index (κ2) is 8.06. The van der Waals surface area contributed by atoms with Gasteiger partial charge in [0.25, 0.3) is 0 Å². The molecule has 2 aromatic rings. The number of ether oxygens (including phenoxy) is 2. The molecule has 136 valence electrons. The second-order valence-corrected chi connectivity index (χ2v) is 6.56. The van der Waals surface area contributed by atoms with E-state index in [1.165, 1.54) is 6.20 Å². The van der Waals surface area contributed by atoms with Crippen LogP contribution in [0.2, 0.25) is 0 Å². The molecule has 0 fully saturated rings. The van der Waals surface area contributed by atoms with E-state index in [1.54, 1.807) is 13.8 Å². The molecule has 0 amide bonds. The number of nitrogens with zero attached hydrogens (tertiary/aromatic N) is 2. The van der Waals surface area contributed by atoms with E-state index in [-0.39, 0.29) is 29.7 Å². The molecule has 1 aromatic carbocycles. The molecule has 1 aromatic heterocycles. The van der Waals surface area contributed by atoms with Crippen molar-refractivity contribution in [2.45, 2.75) is 19.6 Å². The Morgan fingerprint density at radius 1 is 1.16 bits per heavy atom. The van der Waals surface area contributed by atoms with E-state index in [4.69, 9.17) is 9.47 Å². The van der Waals surface area contributed by atoms with Gasteiger partial charge < -0.3 is 9.47 Å². The minimum atomic E-state index is -4.05. The molecule has 0 radical (unpaired) electrons. The summed E-state index contributed by atoms with van der Waals surface area (Å²) in [6.45, 7) is 4.00. The van der Waals surface area contributed by atoms with Crippen LogP contribution in [0.15, 0.2) is 24.4 Å². The highest BCUT2D eigenvalue weighted by Crippen LogP contribution is 2.25. The molecule has 25 heavy (non-hydrogen) atoms. The van der Waals surface area contributed by atoms with Gasteiger partial charge >= 0.3 is 6.01 Å². The molecular weight excluding hydrogens is 356 g/mol. The Morgan fingerprint density at radius 2 is 1.88 bits per heavy atom. The summed E-state index contributed by atoms with van der Waals surface area (Å²) in [6.07, 6.45) is 1.18. The standard InChI is InChI=1S/C15H17F2N3O4S/c1-3-23-14-13(8-18-15(19-14)24-4-2)20-25(21,22)9-10-7-11(16)5-6-12(10)17/h5-8,20H,3-4,9H2,1-2H3. The average Bonchev–Trinajstić information content (AvgIpc) is 2.53. The van der Waals surface area contributed by atoms with Crippen LogP contribution in [0.3, 0.4) is 0 Å². The zero-order valence-electron chi connectivity index (χ0n) is 13.6. The fourth-order valence-electron chi connectivity index (χ4n) is 1.93. The first-order chi connectivity index (χ1) is 11.8. The molecule has 7 nitrogen and oxygen atoms in total. The summed E-state index contributed by atoms with van der Waals surface area (Å²) in [6, 6.07) is 2.63. The fraction of sp³-hybridized carbons (Fsp3) is 0.333. The van der Waals surface area contributed by atoms with Gasteiger partial charge in [-0.15, -0.1) is 0 Å². The lowest BCUT2D eigenvalue weighted by Crippen LogP contribution is -2.17. The number of sulfonamides is 1. The number of nitrogens with one attached hydrogen (secondary N) is 1. The van der Waals surface area contributed by atoms with Gasteiger partial charge in [0.1, 0.15) is 17.3 Å². The number of halogens is 2. The average molecular weight is 373 g/mol. The Bertz CT molecular complexity index is 847. The molecule has 0 atom stereocenters. The van der Waals surface area contributed by atoms with Gasteiger partial charge in [0.2, 0.25) is 15.9 Å². The maximum absolute atomic E-state index is 13.7. The van der Waals surface area contributed by atoms with Gasteiger partial charge in [0.15, 0.2) is 0 Å². The molecule has 0 bridgehead atoms. The maximum atomic E-state index is 13.7. The van der Waals surface area contributed by atoms with Crippen LogP contribution in [-0.4, -0.2) is 31.6 Å². The first-order valence-corrected chi connectivity index (χ1v) is 9.07. The number of anilines is 1. The molecule has 0 unspecified atom stereocenters. The lowest BCUT2D eigenvalue weighted by Gasteiger charge is -2.13. The minimum Gasteiger partial charge on any atom is -0.476 e. The molecule has 0 aliphatic heterocycles. The van der Waals surface area contributed by atoms with Crippen molar-refractivity contribution in [3.63, 3.8) is 0 Å². The molecule has 2 rings (SSSR count). The summed E-state index contributed by atoms with van der Waals surface area (Å²) in [5.74, 6) is -2.33. The topological polar surface area (TPSA) is 90.4 Å². The first-order valence-electron chi connectivity index (χ1n) is 7.41. The fourth-order valence-corrected chi connectivity index (χ4v) is 3.11. The van der Waals surface area contributed by atoms with Crippen molar-refractivity contribution in [2.75, 3.05) is 17.9 Å². The molecule has 1 N–H and O–H groups in total. The largest absolute Gasteiger partial charge is 0.476 e. The van der Waals surface area contributed by atoms with Gasteiger partial charge in [-0.3, -0.25) is 4.72 Å². The second-order valence-electron chi connectivity index (χ2n) is 4.83. The predicted molar refractivity (Wildman–Crippen MR) is 87.0 cm³/mol. The lowest BCUT2D eigenvalue weighted by atomic mass is 10.2. The van der Waals surface area contributed by atoms with Gasteiger partial charge in [-0.25, -0.2) is 22.2 Å². The first kappa shape index (κ1) is 18.8. The molecule has 0 saturated heterocycles. The third-order valence-electron chi connectivity index (χ3n) is 2.90. The maximum Gasteiger partial charge on any atom is 0.319 e. The van der Waals surface area contributed by atoms with E-state index in [2.05, 4.69) is 14.7 Å². The van der Waals surface area contributed by atoms with Crippen LogP contribution in [0.5, 0.6) is 11.9 Å². The molecule has 0 aliphatic rings. The van der Waals surface area contributed by atoms with Crippen LogP contribution >= 0.6 is 0 Å². The number of benzene rings is 1. The SMILES string of the molecule is CCOc1ncc(NS(=O)(=O)Cc2cc(F)ccc2F)c(OCC)n1. The summed E-state index contributed by atoms with van der Waals surface area (Å²) in [7, 11) is -4.05. The molecule has 1 heterocycles. The van der Waals surface area contributed by atoms with Crippen molar-refractivity contribution in [3.05, 3.63) is 41.6 Å². The third-order valence-corrected chi connectivity index (χ3v) is 4.13. The van der Waals surface area contributed by atoms with E-state index in [0.29, 0.717) is 6.61 Å². The Hall–Kier alpha value is -2.49. The summed E-state index contributed by atoms with van der Waals surface area (Å²) in [5.41, 5.74) is -0.320. The highest BCUT2D eigenvalue weighted by Gasteiger charge is 2.19. The van der Waals surface area contributed by atoms with Gasteiger partial charge in [0, 0.05) is 5.56 Å². The van der Waals surface area contributed by atoms with Crippen LogP contribution in [0.1, 0.15) is 19.4 Å². The molecule has 10 heteroatoms. The predicted octanol–water partition coefficient (Wildman–Crippen LogP) is 2.49. The number of hydrogen-bond acceptors (Lipinski definition) is 6. The number of hydrogen-bond donors (Lipinski definition) is 1. The van der Waals surface area contributed by atoms with E-state index >= 15 is 0 Å². The molecule has 0 aliphatic carbocycles. The van der Waals surface area contributed by atoms with E-state index in [9.17, 15) is 17.2 Å². The Balaban J connectivity index is 2.25. The van der Waals surface area contributed by atoms with E-state index in [0.717, 1.165) is 18.2 Å². The molecular formula is C15H17F2N3O4S. The van der Waals surface area contributed by atoms with Crippen LogP contribution in [-0.2, 0) is 15.8 Å². The van der Waals surface area contributed by atoms with Gasteiger partial charge in [-0.1, -0.05) is 0 Å². The van der Waals surface area contributed by atoms with Crippen molar-refractivity contribution in [1.82, 2.24) is 9.97 Å². The van der Waals surface area contributed by atoms with Crippen LogP contribution in [0.4, 0.5) is 14.5 Å². The Morgan fingerprint density at radius 3 is 2.56 bits per heavy atom. The quantitative estimate of drug-likeness (QED) is 0.765. The van der Waals surface area contributed by atoms with E-state index in [1.807, 2.05) is 0 Å². The zero-order valence-corrected chi connectivity index (χ0v) is 14.4. The van der Waals surface area contributed by atoms with E-state index < -0.39 is 27.4 Å². The summed E-state index contributed by atoms with van der Waals surface area (Å²) >= 11 is 0. The van der Waals surface area contributed by atoms with Crippen molar-refractivity contribution in [2.24, 2.45) is 0 Å². The molecule has 0 spiro atoms. The Labute approximate surface area is 144 Å². The normalized spacial score (nSPS) is 11.2. The highest BCUT2D eigenvalue weighted by atomic mass is 32.2. The van der Waals surface area contributed by atoms with Gasteiger partial charge in [-0.05, 0) is 32.0 Å². The van der Waals surface area contributed by atoms with Crippen molar-refractivity contribution < 1.29 is 26.7 Å². The highest BCUT2D eigenvalue weighted by molar-refractivity contribution is 7.91.